The number of benzene rings is 1. The van der Waals surface area contributed by atoms with E-state index < -0.39 is 10.0 Å². The maximum absolute atomic E-state index is 13.0. The second kappa shape index (κ2) is 8.19. The van der Waals surface area contributed by atoms with Crippen LogP contribution in [0.3, 0.4) is 0 Å². The summed E-state index contributed by atoms with van der Waals surface area (Å²) in [6, 6.07) is 6.88. The molecule has 152 valence electrons. The Kier molecular flexibility index (Phi) is 5.90. The Labute approximate surface area is 164 Å². The molecule has 0 unspecified atom stereocenters. The van der Waals surface area contributed by atoms with Crippen molar-refractivity contribution in [2.24, 2.45) is 0 Å². The van der Waals surface area contributed by atoms with Crippen molar-refractivity contribution in [3.05, 3.63) is 35.7 Å². The number of urea groups is 1. The summed E-state index contributed by atoms with van der Waals surface area (Å²) in [6.07, 6.45) is 0.550. The van der Waals surface area contributed by atoms with Gasteiger partial charge in [-0.3, -0.25) is 5.10 Å². The number of aryl methyl sites for hydroxylation is 2. The summed E-state index contributed by atoms with van der Waals surface area (Å²) in [5, 5.41) is 9.55. The van der Waals surface area contributed by atoms with E-state index in [9.17, 15) is 13.2 Å². The van der Waals surface area contributed by atoms with Crippen molar-refractivity contribution in [3.8, 4) is 5.75 Å². The minimum Gasteiger partial charge on any atom is -0.495 e. The number of hydrogen-bond donors (Lipinski definition) is 2. The number of para-hydroxylation sites is 2. The van der Waals surface area contributed by atoms with E-state index in [-0.39, 0.29) is 17.5 Å². The van der Waals surface area contributed by atoms with E-state index in [0.717, 1.165) is 0 Å². The predicted molar refractivity (Wildman–Crippen MR) is 105 cm³/mol. The number of sulfonamides is 1. The Morgan fingerprint density at radius 1 is 1.18 bits per heavy atom. The van der Waals surface area contributed by atoms with Crippen molar-refractivity contribution in [2.45, 2.75) is 25.2 Å². The Balaban J connectivity index is 1.70. The Hall–Kier alpha value is -2.59. The van der Waals surface area contributed by atoms with Gasteiger partial charge >= 0.3 is 6.03 Å². The van der Waals surface area contributed by atoms with Gasteiger partial charge in [0.2, 0.25) is 10.0 Å². The van der Waals surface area contributed by atoms with E-state index in [0.29, 0.717) is 48.9 Å². The monoisotopic (exact) mass is 407 g/mol. The lowest BCUT2D eigenvalue weighted by Crippen LogP contribution is -2.39. The molecule has 1 saturated heterocycles. The number of hydrogen-bond acceptors (Lipinski definition) is 5. The summed E-state index contributed by atoms with van der Waals surface area (Å²) >= 11 is 0. The van der Waals surface area contributed by atoms with Gasteiger partial charge in [-0.25, -0.2) is 13.2 Å². The van der Waals surface area contributed by atoms with Crippen LogP contribution in [0.5, 0.6) is 5.75 Å². The predicted octanol–water partition coefficient (Wildman–Crippen LogP) is 1.96. The highest BCUT2D eigenvalue weighted by molar-refractivity contribution is 7.89. The molecule has 1 fully saturated rings. The van der Waals surface area contributed by atoms with Gasteiger partial charge in [0, 0.05) is 26.2 Å². The molecule has 0 saturated carbocycles. The van der Waals surface area contributed by atoms with E-state index in [4.69, 9.17) is 4.74 Å². The number of amides is 2. The topological polar surface area (TPSA) is 108 Å². The van der Waals surface area contributed by atoms with Crippen LogP contribution in [-0.2, 0) is 10.0 Å². The molecule has 0 bridgehead atoms. The summed E-state index contributed by atoms with van der Waals surface area (Å²) in [5.74, 6) is 0.570. The molecule has 0 aliphatic carbocycles. The molecule has 10 heteroatoms. The Morgan fingerprint density at radius 2 is 1.93 bits per heavy atom. The SMILES string of the molecule is COc1ccccc1NC(=O)N1CCCN(S(=O)(=O)c2c(C)n[nH]c2C)CC1. The van der Waals surface area contributed by atoms with E-state index in [1.165, 1.54) is 4.31 Å². The van der Waals surface area contributed by atoms with Gasteiger partial charge < -0.3 is 15.0 Å². The van der Waals surface area contributed by atoms with Crippen LogP contribution < -0.4 is 10.1 Å². The first-order valence-corrected chi connectivity index (χ1v) is 10.5. The Morgan fingerprint density at radius 3 is 2.61 bits per heavy atom. The van der Waals surface area contributed by atoms with Gasteiger partial charge in [-0.1, -0.05) is 12.1 Å². The van der Waals surface area contributed by atoms with Crippen molar-refractivity contribution < 1.29 is 17.9 Å². The summed E-state index contributed by atoms with van der Waals surface area (Å²) in [7, 11) is -2.12. The molecule has 0 atom stereocenters. The van der Waals surface area contributed by atoms with Crippen LogP contribution in [0.25, 0.3) is 0 Å². The molecule has 3 rings (SSSR count). The summed E-state index contributed by atoms with van der Waals surface area (Å²) in [4.78, 5) is 14.5. The standard InChI is InChI=1S/C18H25N5O4S/c1-13-17(14(2)21-20-13)28(25,26)23-10-6-9-22(11-12-23)18(24)19-15-7-4-5-8-16(15)27-3/h4-5,7-8H,6,9-12H2,1-3H3,(H,19,24)(H,20,21). The van der Waals surface area contributed by atoms with Crippen LogP contribution in [0.15, 0.2) is 29.2 Å². The molecular weight excluding hydrogens is 382 g/mol. The summed E-state index contributed by atoms with van der Waals surface area (Å²) in [5.41, 5.74) is 1.55. The van der Waals surface area contributed by atoms with Crippen LogP contribution in [-0.4, -0.2) is 67.1 Å². The van der Waals surface area contributed by atoms with Gasteiger partial charge in [-0.15, -0.1) is 0 Å². The van der Waals surface area contributed by atoms with Crippen LogP contribution in [0, 0.1) is 13.8 Å². The lowest BCUT2D eigenvalue weighted by Gasteiger charge is -2.22. The number of H-pyrrole nitrogens is 1. The molecule has 1 aromatic heterocycles. The molecule has 2 amide bonds. The molecule has 1 aromatic carbocycles. The average molecular weight is 407 g/mol. The van der Waals surface area contributed by atoms with Crippen LogP contribution in [0.1, 0.15) is 17.8 Å². The van der Waals surface area contributed by atoms with Crippen molar-refractivity contribution in [1.29, 1.82) is 0 Å². The van der Waals surface area contributed by atoms with Gasteiger partial charge in [-0.05, 0) is 32.4 Å². The first kappa shape index (κ1) is 20.2. The molecule has 2 N–H and O–H groups in total. The number of carbonyl (C=O) groups is 1. The first-order chi connectivity index (χ1) is 13.3. The molecule has 9 nitrogen and oxygen atoms in total. The number of rotatable bonds is 4. The molecule has 0 spiro atoms. The molecular formula is C18H25N5O4S. The zero-order valence-electron chi connectivity index (χ0n) is 16.2. The van der Waals surface area contributed by atoms with Crippen molar-refractivity contribution >= 4 is 21.7 Å². The van der Waals surface area contributed by atoms with E-state index in [2.05, 4.69) is 15.5 Å². The van der Waals surface area contributed by atoms with Crippen molar-refractivity contribution in [3.63, 3.8) is 0 Å². The third-order valence-electron chi connectivity index (χ3n) is 4.75. The van der Waals surface area contributed by atoms with Crippen molar-refractivity contribution in [2.75, 3.05) is 38.6 Å². The quantitative estimate of drug-likeness (QED) is 0.806. The number of carbonyl (C=O) groups excluding carboxylic acids is 1. The average Bonchev–Trinajstić information content (AvgIpc) is 2.87. The Bertz CT molecular complexity index is 937. The third kappa shape index (κ3) is 3.97. The van der Waals surface area contributed by atoms with Gasteiger partial charge in [0.15, 0.2) is 0 Å². The normalized spacial score (nSPS) is 15.9. The molecule has 0 radical (unpaired) electrons. The van der Waals surface area contributed by atoms with Gasteiger partial charge in [0.25, 0.3) is 0 Å². The van der Waals surface area contributed by atoms with Crippen LogP contribution in [0.2, 0.25) is 0 Å². The maximum atomic E-state index is 13.0. The van der Waals surface area contributed by atoms with E-state index in [1.54, 1.807) is 38.0 Å². The largest absolute Gasteiger partial charge is 0.495 e. The number of nitrogens with one attached hydrogen (secondary N) is 2. The summed E-state index contributed by atoms with van der Waals surface area (Å²) in [6.45, 7) is 4.71. The number of methoxy groups -OCH3 is 1. The van der Waals surface area contributed by atoms with E-state index >= 15 is 0 Å². The highest BCUT2D eigenvalue weighted by Crippen LogP contribution is 2.25. The summed E-state index contributed by atoms with van der Waals surface area (Å²) < 4.78 is 32.7. The minimum atomic E-state index is -3.66. The lowest BCUT2D eigenvalue weighted by atomic mass is 10.3. The molecule has 1 aliphatic heterocycles. The number of nitrogens with zero attached hydrogens (tertiary/aromatic N) is 3. The van der Waals surface area contributed by atoms with E-state index in [1.807, 2.05) is 12.1 Å². The highest BCUT2D eigenvalue weighted by Gasteiger charge is 2.32. The molecule has 2 heterocycles. The number of anilines is 1. The number of ether oxygens (including phenoxy) is 1. The lowest BCUT2D eigenvalue weighted by molar-refractivity contribution is 0.214. The van der Waals surface area contributed by atoms with Crippen LogP contribution >= 0.6 is 0 Å². The van der Waals surface area contributed by atoms with Gasteiger partial charge in [0.1, 0.15) is 10.6 Å². The fourth-order valence-electron chi connectivity index (χ4n) is 3.33. The maximum Gasteiger partial charge on any atom is 0.321 e. The van der Waals surface area contributed by atoms with Crippen LogP contribution in [0.4, 0.5) is 10.5 Å². The number of aromatic nitrogens is 2. The molecule has 28 heavy (non-hydrogen) atoms. The number of aromatic amines is 1. The second-order valence-electron chi connectivity index (χ2n) is 6.64. The first-order valence-electron chi connectivity index (χ1n) is 9.05. The van der Waals surface area contributed by atoms with Gasteiger partial charge in [-0.2, -0.15) is 9.40 Å². The molecule has 1 aliphatic rings. The zero-order valence-corrected chi connectivity index (χ0v) is 17.0. The molecule has 2 aromatic rings. The minimum absolute atomic E-state index is 0.222. The second-order valence-corrected chi connectivity index (χ2v) is 8.51. The smallest absolute Gasteiger partial charge is 0.321 e. The van der Waals surface area contributed by atoms with Crippen molar-refractivity contribution in [1.82, 2.24) is 19.4 Å². The highest BCUT2D eigenvalue weighted by atomic mass is 32.2. The fraction of sp³-hybridized carbons (Fsp3) is 0.444. The van der Waals surface area contributed by atoms with Gasteiger partial charge in [0.05, 0.1) is 24.2 Å². The zero-order chi connectivity index (χ0) is 20.3. The third-order valence-corrected chi connectivity index (χ3v) is 6.91. The fourth-order valence-corrected chi connectivity index (χ4v) is 5.13.